The number of nitrogens with two attached hydrogens (primary N) is 2. The van der Waals surface area contributed by atoms with Gasteiger partial charge in [0.15, 0.2) is 5.96 Å². The van der Waals surface area contributed by atoms with Gasteiger partial charge < -0.3 is 16.2 Å². The molecule has 1 aliphatic heterocycles. The molecule has 0 spiro atoms. The minimum atomic E-state index is -0.209. The van der Waals surface area contributed by atoms with E-state index >= 15 is 0 Å². The van der Waals surface area contributed by atoms with E-state index in [4.69, 9.17) is 16.2 Å². The van der Waals surface area contributed by atoms with Crippen LogP contribution in [0.3, 0.4) is 0 Å². The molecule has 1 fully saturated rings. The van der Waals surface area contributed by atoms with E-state index in [1.807, 2.05) is 13.8 Å². The molecule has 0 aliphatic carbocycles. The average Bonchev–Trinajstić information content (AvgIpc) is 2.11. The Morgan fingerprint density at radius 2 is 2.27 bits per heavy atom. The molecule has 2 atom stereocenters. The third-order valence-electron chi connectivity index (χ3n) is 2.24. The molecule has 0 aromatic heterocycles. The Hall–Kier alpha value is -0.770. The zero-order chi connectivity index (χ0) is 8.48. The summed E-state index contributed by atoms with van der Waals surface area (Å²) in [7, 11) is 0. The predicted molar refractivity (Wildman–Crippen MR) is 44.2 cm³/mol. The Balaban J connectivity index is 2.73. The van der Waals surface area contributed by atoms with Gasteiger partial charge in [-0.3, -0.25) is 0 Å². The van der Waals surface area contributed by atoms with Crippen molar-refractivity contribution in [1.29, 1.82) is 0 Å². The van der Waals surface area contributed by atoms with Gasteiger partial charge in [0.2, 0.25) is 0 Å². The molecule has 0 aromatic carbocycles. The van der Waals surface area contributed by atoms with E-state index in [0.29, 0.717) is 0 Å². The van der Waals surface area contributed by atoms with Gasteiger partial charge in [-0.05, 0) is 20.3 Å². The van der Waals surface area contributed by atoms with Crippen LogP contribution in [0.15, 0.2) is 4.99 Å². The molecule has 64 valence electrons. The molecule has 4 nitrogen and oxygen atoms in total. The highest BCUT2D eigenvalue weighted by atomic mass is 16.5. The van der Waals surface area contributed by atoms with E-state index in [-0.39, 0.29) is 17.6 Å². The van der Waals surface area contributed by atoms with Crippen LogP contribution in [0, 0.1) is 0 Å². The van der Waals surface area contributed by atoms with Crippen molar-refractivity contribution in [2.45, 2.75) is 31.9 Å². The van der Waals surface area contributed by atoms with Crippen molar-refractivity contribution in [3.63, 3.8) is 0 Å². The summed E-state index contributed by atoms with van der Waals surface area (Å²) < 4.78 is 5.35. The average molecular weight is 157 g/mol. The lowest BCUT2D eigenvalue weighted by molar-refractivity contribution is 0.101. The van der Waals surface area contributed by atoms with Crippen molar-refractivity contribution in [3.8, 4) is 0 Å². The zero-order valence-electron chi connectivity index (χ0n) is 7.00. The zero-order valence-corrected chi connectivity index (χ0v) is 7.00. The molecule has 0 aromatic rings. The first-order chi connectivity index (χ1) is 5.04. The van der Waals surface area contributed by atoms with Crippen LogP contribution in [0.2, 0.25) is 0 Å². The van der Waals surface area contributed by atoms with Gasteiger partial charge in [0.05, 0.1) is 11.6 Å². The Morgan fingerprint density at radius 3 is 2.64 bits per heavy atom. The number of ether oxygens (including phenoxy) is 1. The second kappa shape index (κ2) is 2.70. The standard InChI is InChI=1S/C7H15N3O/c1-5-7(2,3-4-11-5)10-6(8)9/h5H,3-4H2,1-2H3,(H4,8,9,10). The monoisotopic (exact) mass is 157 g/mol. The fraction of sp³-hybridized carbons (Fsp3) is 0.857. The molecule has 0 bridgehead atoms. The molecule has 0 radical (unpaired) electrons. The topological polar surface area (TPSA) is 73.6 Å². The van der Waals surface area contributed by atoms with Crippen LogP contribution in [0.4, 0.5) is 0 Å². The summed E-state index contributed by atoms with van der Waals surface area (Å²) in [5.74, 6) is 0.143. The van der Waals surface area contributed by atoms with Crippen molar-refractivity contribution in [1.82, 2.24) is 0 Å². The minimum Gasteiger partial charge on any atom is -0.376 e. The van der Waals surface area contributed by atoms with Crippen LogP contribution in [-0.2, 0) is 4.74 Å². The van der Waals surface area contributed by atoms with Gasteiger partial charge in [-0.15, -0.1) is 0 Å². The molecule has 1 saturated heterocycles. The maximum absolute atomic E-state index is 5.35. The van der Waals surface area contributed by atoms with Gasteiger partial charge in [0.25, 0.3) is 0 Å². The van der Waals surface area contributed by atoms with E-state index < -0.39 is 0 Å². The summed E-state index contributed by atoms with van der Waals surface area (Å²) in [4.78, 5) is 4.14. The SMILES string of the molecule is CC1OCCC1(C)N=C(N)N. The first kappa shape index (κ1) is 8.33. The molecule has 1 rings (SSSR count). The number of aliphatic imine (C=N–C) groups is 1. The van der Waals surface area contributed by atoms with Gasteiger partial charge in [-0.2, -0.15) is 0 Å². The van der Waals surface area contributed by atoms with E-state index in [9.17, 15) is 0 Å². The summed E-state index contributed by atoms with van der Waals surface area (Å²) in [6.07, 6.45) is 1.01. The third-order valence-corrected chi connectivity index (χ3v) is 2.24. The summed E-state index contributed by atoms with van der Waals surface area (Å²) in [6.45, 7) is 4.73. The van der Waals surface area contributed by atoms with Crippen LogP contribution < -0.4 is 11.5 Å². The Morgan fingerprint density at radius 1 is 1.64 bits per heavy atom. The fourth-order valence-electron chi connectivity index (χ4n) is 1.27. The summed E-state index contributed by atoms with van der Waals surface area (Å²) in [6, 6.07) is 0. The van der Waals surface area contributed by atoms with E-state index in [2.05, 4.69) is 4.99 Å². The molecular formula is C7H15N3O. The lowest BCUT2D eigenvalue weighted by Gasteiger charge is -2.22. The van der Waals surface area contributed by atoms with Gasteiger partial charge >= 0.3 is 0 Å². The minimum absolute atomic E-state index is 0.115. The van der Waals surface area contributed by atoms with E-state index in [1.54, 1.807) is 0 Å². The second-order valence-electron chi connectivity index (χ2n) is 3.16. The molecule has 2 unspecified atom stereocenters. The van der Waals surface area contributed by atoms with Crippen molar-refractivity contribution >= 4 is 5.96 Å². The molecule has 1 aliphatic rings. The summed E-state index contributed by atoms with van der Waals surface area (Å²) >= 11 is 0. The van der Waals surface area contributed by atoms with Crippen LogP contribution in [0.5, 0.6) is 0 Å². The number of guanidine groups is 1. The van der Waals surface area contributed by atoms with Gasteiger partial charge in [-0.25, -0.2) is 4.99 Å². The van der Waals surface area contributed by atoms with Gasteiger partial charge in [0.1, 0.15) is 0 Å². The summed E-state index contributed by atoms with van der Waals surface area (Å²) in [5.41, 5.74) is 10.4. The maximum atomic E-state index is 5.35. The molecule has 11 heavy (non-hydrogen) atoms. The third kappa shape index (κ3) is 1.63. The smallest absolute Gasteiger partial charge is 0.186 e. The van der Waals surface area contributed by atoms with Crippen molar-refractivity contribution in [2.24, 2.45) is 16.5 Å². The molecule has 4 N–H and O–H groups in total. The normalized spacial score (nSPS) is 37.1. The highest BCUT2D eigenvalue weighted by Gasteiger charge is 2.36. The Labute approximate surface area is 66.6 Å². The van der Waals surface area contributed by atoms with Crippen molar-refractivity contribution in [2.75, 3.05) is 6.61 Å². The van der Waals surface area contributed by atoms with Crippen molar-refractivity contribution < 1.29 is 4.74 Å². The number of hydrogen-bond acceptors (Lipinski definition) is 2. The lowest BCUT2D eigenvalue weighted by Crippen LogP contribution is -2.36. The second-order valence-corrected chi connectivity index (χ2v) is 3.16. The largest absolute Gasteiger partial charge is 0.376 e. The highest BCUT2D eigenvalue weighted by Crippen LogP contribution is 2.28. The molecule has 0 amide bonds. The van der Waals surface area contributed by atoms with Crippen LogP contribution in [0.1, 0.15) is 20.3 Å². The van der Waals surface area contributed by atoms with E-state index in [1.165, 1.54) is 0 Å². The molecule has 4 heteroatoms. The number of hydrogen-bond donors (Lipinski definition) is 2. The van der Waals surface area contributed by atoms with Crippen LogP contribution >= 0.6 is 0 Å². The first-order valence-electron chi connectivity index (χ1n) is 3.77. The molecular weight excluding hydrogens is 142 g/mol. The van der Waals surface area contributed by atoms with Crippen LogP contribution in [0.25, 0.3) is 0 Å². The predicted octanol–water partition coefficient (Wildman–Crippen LogP) is -0.173. The van der Waals surface area contributed by atoms with E-state index in [0.717, 1.165) is 13.0 Å². The fourth-order valence-corrected chi connectivity index (χ4v) is 1.27. The molecule has 0 saturated carbocycles. The lowest BCUT2D eigenvalue weighted by atomic mass is 9.96. The summed E-state index contributed by atoms with van der Waals surface area (Å²) in [5, 5.41) is 0. The highest BCUT2D eigenvalue weighted by molar-refractivity contribution is 5.76. The quantitative estimate of drug-likeness (QED) is 0.410. The first-order valence-corrected chi connectivity index (χ1v) is 3.77. The van der Waals surface area contributed by atoms with Gasteiger partial charge in [0, 0.05) is 6.61 Å². The number of rotatable bonds is 1. The van der Waals surface area contributed by atoms with Crippen molar-refractivity contribution in [3.05, 3.63) is 0 Å². The van der Waals surface area contributed by atoms with Gasteiger partial charge in [-0.1, -0.05) is 0 Å². The maximum Gasteiger partial charge on any atom is 0.186 e. The molecule has 1 heterocycles. The number of nitrogens with zero attached hydrogens (tertiary/aromatic N) is 1. The van der Waals surface area contributed by atoms with Crippen LogP contribution in [-0.4, -0.2) is 24.2 Å². The Kier molecular flexibility index (Phi) is 2.04. The Bertz CT molecular complexity index is 177.